The SMILES string of the molecule is CC1=CC(=O)[C@H]2CC(O[Si](C)(C)C(C)(C)C)=C3C[C@@H]4OC(=O)[C@H](C)[C@@H]4[C@H]3[C@@]2(C)C1=O. The molecule has 4 rings (SSSR count). The van der Waals surface area contributed by atoms with Gasteiger partial charge in [-0.2, -0.15) is 0 Å². The summed E-state index contributed by atoms with van der Waals surface area (Å²) in [7, 11) is -2.13. The van der Waals surface area contributed by atoms with Gasteiger partial charge in [0.1, 0.15) is 6.10 Å². The Morgan fingerprint density at radius 3 is 2.40 bits per heavy atom. The van der Waals surface area contributed by atoms with Crippen LogP contribution in [-0.2, 0) is 23.5 Å². The molecule has 0 spiro atoms. The standard InChI is InChI=1S/C24H34O5Si/c1-12-9-16(25)15-11-17(29-30(7,8)23(3,4)5)14-10-18-19(13(2)22(27)28-18)20(14)24(15,6)21(12)26/h9,13,15,18-20H,10-11H2,1-8H3/t13-,15-,18+,19+,20+,24+/m1/s1. The summed E-state index contributed by atoms with van der Waals surface area (Å²) < 4.78 is 12.5. The van der Waals surface area contributed by atoms with Crippen LogP contribution in [0.5, 0.6) is 0 Å². The van der Waals surface area contributed by atoms with Crippen LogP contribution in [0.1, 0.15) is 54.4 Å². The minimum atomic E-state index is -2.13. The number of hydrogen-bond acceptors (Lipinski definition) is 5. The van der Waals surface area contributed by atoms with Crippen molar-refractivity contribution in [3.05, 3.63) is 23.0 Å². The fourth-order valence-corrected chi connectivity index (χ4v) is 7.07. The fraction of sp³-hybridized carbons (Fsp3) is 0.708. The van der Waals surface area contributed by atoms with Crippen molar-refractivity contribution in [2.24, 2.45) is 29.1 Å². The lowest BCUT2D eigenvalue weighted by Gasteiger charge is -2.50. The van der Waals surface area contributed by atoms with Crippen LogP contribution in [0.25, 0.3) is 0 Å². The lowest BCUT2D eigenvalue weighted by atomic mass is 9.52. The van der Waals surface area contributed by atoms with Gasteiger partial charge >= 0.3 is 5.97 Å². The van der Waals surface area contributed by atoms with Gasteiger partial charge in [0.2, 0.25) is 8.32 Å². The van der Waals surface area contributed by atoms with Crippen molar-refractivity contribution >= 4 is 25.9 Å². The van der Waals surface area contributed by atoms with E-state index < -0.39 is 19.7 Å². The third-order valence-corrected chi connectivity index (χ3v) is 13.0. The maximum Gasteiger partial charge on any atom is 0.309 e. The number of Topliss-reactive ketones (excluding diaryl/α,β-unsaturated/α-hetero) is 1. The molecule has 6 heteroatoms. The highest BCUT2D eigenvalue weighted by Crippen LogP contribution is 2.63. The molecule has 2 fully saturated rings. The number of ketones is 2. The van der Waals surface area contributed by atoms with Crippen molar-refractivity contribution in [3.63, 3.8) is 0 Å². The molecule has 3 aliphatic carbocycles. The first-order valence-corrected chi connectivity index (χ1v) is 14.0. The molecule has 30 heavy (non-hydrogen) atoms. The monoisotopic (exact) mass is 430 g/mol. The Hall–Kier alpha value is -1.69. The normalized spacial score (nSPS) is 38.7. The van der Waals surface area contributed by atoms with Crippen molar-refractivity contribution in [2.75, 3.05) is 0 Å². The zero-order valence-corrected chi connectivity index (χ0v) is 20.4. The van der Waals surface area contributed by atoms with Crippen LogP contribution < -0.4 is 0 Å². The van der Waals surface area contributed by atoms with E-state index in [1.165, 1.54) is 6.08 Å². The summed E-state index contributed by atoms with van der Waals surface area (Å²) in [5.74, 6) is -0.257. The molecule has 1 saturated heterocycles. The molecule has 0 amide bonds. The summed E-state index contributed by atoms with van der Waals surface area (Å²) in [5.41, 5.74) is 0.796. The maximum atomic E-state index is 13.5. The predicted molar refractivity (Wildman–Crippen MR) is 116 cm³/mol. The van der Waals surface area contributed by atoms with Gasteiger partial charge < -0.3 is 9.16 Å². The molecule has 1 aliphatic heterocycles. The van der Waals surface area contributed by atoms with Gasteiger partial charge in [0.25, 0.3) is 0 Å². The zero-order chi connectivity index (χ0) is 22.4. The van der Waals surface area contributed by atoms with Crippen LogP contribution in [-0.4, -0.2) is 32.0 Å². The molecule has 164 valence electrons. The van der Waals surface area contributed by atoms with Crippen LogP contribution >= 0.6 is 0 Å². The Balaban J connectivity index is 1.88. The van der Waals surface area contributed by atoms with Gasteiger partial charge in [0.15, 0.2) is 11.6 Å². The highest BCUT2D eigenvalue weighted by molar-refractivity contribution is 6.74. The first-order valence-electron chi connectivity index (χ1n) is 11.1. The Kier molecular flexibility index (Phi) is 4.60. The highest BCUT2D eigenvalue weighted by Gasteiger charge is 2.66. The number of hydrogen-bond donors (Lipinski definition) is 0. The second kappa shape index (κ2) is 6.41. The molecule has 4 aliphatic rings. The third kappa shape index (κ3) is 2.75. The van der Waals surface area contributed by atoms with Crippen LogP contribution in [0.15, 0.2) is 23.0 Å². The van der Waals surface area contributed by atoms with Crippen molar-refractivity contribution < 1.29 is 23.5 Å². The quantitative estimate of drug-likeness (QED) is 0.474. The fourth-order valence-electron chi connectivity index (χ4n) is 5.93. The lowest BCUT2D eigenvalue weighted by Crippen LogP contribution is -2.54. The Morgan fingerprint density at radius 1 is 1.17 bits per heavy atom. The van der Waals surface area contributed by atoms with Gasteiger partial charge in [-0.3, -0.25) is 14.4 Å². The average molecular weight is 431 g/mol. The minimum Gasteiger partial charge on any atom is -0.547 e. The second-order valence-corrected chi connectivity index (χ2v) is 16.2. The summed E-state index contributed by atoms with van der Waals surface area (Å²) in [5, 5.41) is 0.0218. The molecular weight excluding hydrogens is 396 g/mol. The second-order valence-electron chi connectivity index (χ2n) is 11.4. The lowest BCUT2D eigenvalue weighted by molar-refractivity contribution is -0.144. The van der Waals surface area contributed by atoms with E-state index in [1.807, 2.05) is 13.8 Å². The van der Waals surface area contributed by atoms with E-state index in [-0.39, 0.29) is 46.4 Å². The van der Waals surface area contributed by atoms with E-state index in [9.17, 15) is 14.4 Å². The number of allylic oxidation sites excluding steroid dienone is 3. The molecule has 0 N–H and O–H groups in total. The highest BCUT2D eigenvalue weighted by atomic mass is 28.4. The molecule has 0 bridgehead atoms. The van der Waals surface area contributed by atoms with Crippen LogP contribution in [0.4, 0.5) is 0 Å². The third-order valence-electron chi connectivity index (χ3n) is 8.68. The molecule has 0 aromatic heterocycles. The first kappa shape index (κ1) is 21.5. The largest absolute Gasteiger partial charge is 0.547 e. The van der Waals surface area contributed by atoms with Gasteiger partial charge in [-0.15, -0.1) is 0 Å². The van der Waals surface area contributed by atoms with Gasteiger partial charge in [0.05, 0.1) is 11.7 Å². The smallest absolute Gasteiger partial charge is 0.309 e. The van der Waals surface area contributed by atoms with Crippen LogP contribution in [0, 0.1) is 29.1 Å². The topological polar surface area (TPSA) is 69.7 Å². The minimum absolute atomic E-state index is 0.00586. The van der Waals surface area contributed by atoms with E-state index in [1.54, 1.807) is 6.92 Å². The van der Waals surface area contributed by atoms with Crippen molar-refractivity contribution in [1.82, 2.24) is 0 Å². The van der Waals surface area contributed by atoms with Crippen LogP contribution in [0.3, 0.4) is 0 Å². The molecule has 1 heterocycles. The van der Waals surface area contributed by atoms with Crippen molar-refractivity contribution in [2.45, 2.75) is 78.6 Å². The van der Waals surface area contributed by atoms with Gasteiger partial charge in [0, 0.05) is 36.0 Å². The van der Waals surface area contributed by atoms with Gasteiger partial charge in [-0.05, 0) is 42.3 Å². The van der Waals surface area contributed by atoms with Gasteiger partial charge in [-0.25, -0.2) is 0 Å². The van der Waals surface area contributed by atoms with Gasteiger partial charge in [-0.1, -0.05) is 34.6 Å². The number of esters is 1. The maximum absolute atomic E-state index is 13.5. The number of rotatable bonds is 2. The molecule has 1 saturated carbocycles. The number of ether oxygens (including phenoxy) is 1. The first-order chi connectivity index (χ1) is 13.7. The van der Waals surface area contributed by atoms with E-state index in [4.69, 9.17) is 9.16 Å². The predicted octanol–water partition coefficient (Wildman–Crippen LogP) is 4.58. The molecule has 0 aromatic carbocycles. The summed E-state index contributed by atoms with van der Waals surface area (Å²) >= 11 is 0. The van der Waals surface area contributed by atoms with Crippen molar-refractivity contribution in [1.29, 1.82) is 0 Å². The Labute approximate surface area is 180 Å². The van der Waals surface area contributed by atoms with E-state index >= 15 is 0 Å². The number of carbonyl (C=O) groups excluding carboxylic acids is 3. The van der Waals surface area contributed by atoms with E-state index in [2.05, 4.69) is 33.9 Å². The molecule has 5 nitrogen and oxygen atoms in total. The summed E-state index contributed by atoms with van der Waals surface area (Å²) in [6.45, 7) is 16.6. The number of carbonyl (C=O) groups is 3. The molecule has 0 unspecified atom stereocenters. The summed E-state index contributed by atoms with van der Waals surface area (Å²) in [4.78, 5) is 39.0. The van der Waals surface area contributed by atoms with Crippen LogP contribution in [0.2, 0.25) is 18.1 Å². The number of fused-ring (bicyclic) bond motifs is 5. The average Bonchev–Trinajstić information content (AvgIpc) is 3.11. The molecule has 0 radical (unpaired) electrons. The van der Waals surface area contributed by atoms with E-state index in [0.717, 1.165) is 11.3 Å². The molecular formula is C24H34O5Si. The Bertz CT molecular complexity index is 905. The van der Waals surface area contributed by atoms with E-state index in [0.29, 0.717) is 18.4 Å². The van der Waals surface area contributed by atoms with Crippen molar-refractivity contribution in [3.8, 4) is 0 Å². The zero-order valence-electron chi connectivity index (χ0n) is 19.4. The Morgan fingerprint density at radius 2 is 1.80 bits per heavy atom. The molecule has 0 aromatic rings. The summed E-state index contributed by atoms with van der Waals surface area (Å²) in [6.07, 6.45) is 2.36. The molecule has 6 atom stereocenters. The summed E-state index contributed by atoms with van der Waals surface area (Å²) in [6, 6.07) is 0.